The Hall–Kier alpha value is -1.71. The summed E-state index contributed by atoms with van der Waals surface area (Å²) in [7, 11) is 3.25. The number of fused-ring (bicyclic) bond motifs is 1. The highest BCUT2D eigenvalue weighted by atomic mass is 16.5. The molecule has 1 amide bonds. The molecular formula is C13H17NO3. The van der Waals surface area contributed by atoms with Gasteiger partial charge in [0.05, 0.1) is 20.3 Å². The molecule has 1 aromatic carbocycles. The molecule has 2 rings (SSSR count). The normalized spacial score (nSPS) is 18.1. The molecular weight excluding hydrogens is 218 g/mol. The third kappa shape index (κ3) is 2.20. The predicted octanol–water partition coefficient (Wildman–Crippen LogP) is 1.83. The molecule has 0 fully saturated rings. The van der Waals surface area contributed by atoms with Crippen molar-refractivity contribution in [3.63, 3.8) is 0 Å². The van der Waals surface area contributed by atoms with E-state index in [0.29, 0.717) is 5.75 Å². The first-order chi connectivity index (χ1) is 8.30. The highest BCUT2D eigenvalue weighted by Gasteiger charge is 2.22. The molecule has 0 spiro atoms. The minimum Gasteiger partial charge on any atom is -0.493 e. The van der Waals surface area contributed by atoms with E-state index >= 15 is 0 Å². The van der Waals surface area contributed by atoms with Crippen molar-refractivity contribution in [1.29, 1.82) is 0 Å². The molecule has 1 atom stereocenters. The first-order valence-corrected chi connectivity index (χ1v) is 5.74. The van der Waals surface area contributed by atoms with Crippen molar-refractivity contribution < 1.29 is 14.3 Å². The van der Waals surface area contributed by atoms with Crippen LogP contribution in [0.2, 0.25) is 0 Å². The molecule has 0 saturated carbocycles. The minimum absolute atomic E-state index is 0.0936. The summed E-state index contributed by atoms with van der Waals surface area (Å²) in [5, 5.41) is 2.85. The highest BCUT2D eigenvalue weighted by molar-refractivity contribution is 5.53. The monoisotopic (exact) mass is 235 g/mol. The first kappa shape index (κ1) is 11.8. The Balaban J connectivity index is 2.43. The molecule has 1 unspecified atom stereocenters. The van der Waals surface area contributed by atoms with Crippen LogP contribution in [0, 0.1) is 0 Å². The lowest BCUT2D eigenvalue weighted by molar-refractivity contribution is -0.110. The van der Waals surface area contributed by atoms with Gasteiger partial charge in [0.25, 0.3) is 0 Å². The van der Waals surface area contributed by atoms with Crippen molar-refractivity contribution in [2.24, 2.45) is 0 Å². The van der Waals surface area contributed by atoms with E-state index in [0.717, 1.165) is 37.0 Å². The van der Waals surface area contributed by atoms with E-state index in [-0.39, 0.29) is 6.04 Å². The third-order valence-electron chi connectivity index (χ3n) is 3.23. The largest absolute Gasteiger partial charge is 0.493 e. The molecule has 1 aromatic rings. The van der Waals surface area contributed by atoms with Crippen molar-refractivity contribution >= 4 is 6.41 Å². The quantitative estimate of drug-likeness (QED) is 0.810. The summed E-state index contributed by atoms with van der Waals surface area (Å²) in [5.41, 5.74) is 2.37. The van der Waals surface area contributed by atoms with Gasteiger partial charge in [-0.2, -0.15) is 0 Å². The summed E-state index contributed by atoms with van der Waals surface area (Å²) >= 11 is 0. The topological polar surface area (TPSA) is 47.6 Å². The molecule has 0 bridgehead atoms. The maximum Gasteiger partial charge on any atom is 0.207 e. The highest BCUT2D eigenvalue weighted by Crippen LogP contribution is 2.37. The third-order valence-corrected chi connectivity index (χ3v) is 3.23. The summed E-state index contributed by atoms with van der Waals surface area (Å²) < 4.78 is 10.6. The molecule has 4 heteroatoms. The van der Waals surface area contributed by atoms with Gasteiger partial charge in [0, 0.05) is 0 Å². The first-order valence-electron chi connectivity index (χ1n) is 5.74. The summed E-state index contributed by atoms with van der Waals surface area (Å²) in [6.07, 6.45) is 3.83. The minimum atomic E-state index is 0.0936. The number of hydrogen-bond donors (Lipinski definition) is 1. The number of amides is 1. The van der Waals surface area contributed by atoms with Crippen LogP contribution < -0.4 is 14.8 Å². The van der Waals surface area contributed by atoms with Gasteiger partial charge in [-0.1, -0.05) is 0 Å². The Labute approximate surface area is 101 Å². The van der Waals surface area contributed by atoms with Crippen LogP contribution in [0.15, 0.2) is 12.1 Å². The Morgan fingerprint density at radius 2 is 2.00 bits per heavy atom. The van der Waals surface area contributed by atoms with Gasteiger partial charge in [-0.05, 0) is 42.5 Å². The van der Waals surface area contributed by atoms with Crippen LogP contribution in [0.4, 0.5) is 0 Å². The second-order valence-electron chi connectivity index (χ2n) is 4.14. The molecule has 0 saturated heterocycles. The molecule has 0 radical (unpaired) electrons. The Kier molecular flexibility index (Phi) is 3.52. The van der Waals surface area contributed by atoms with Crippen molar-refractivity contribution in [3.8, 4) is 11.5 Å². The second kappa shape index (κ2) is 5.08. The van der Waals surface area contributed by atoms with Crippen LogP contribution in [0.5, 0.6) is 11.5 Å². The fourth-order valence-corrected chi connectivity index (χ4v) is 2.39. The predicted molar refractivity (Wildman–Crippen MR) is 64.4 cm³/mol. The van der Waals surface area contributed by atoms with Crippen LogP contribution in [-0.4, -0.2) is 20.6 Å². The number of benzene rings is 1. The number of methoxy groups -OCH3 is 2. The molecule has 4 nitrogen and oxygen atoms in total. The van der Waals surface area contributed by atoms with Crippen LogP contribution in [0.3, 0.4) is 0 Å². The molecule has 1 N–H and O–H groups in total. The number of hydrogen-bond acceptors (Lipinski definition) is 3. The lowest BCUT2D eigenvalue weighted by Crippen LogP contribution is -2.24. The maximum atomic E-state index is 10.6. The number of ether oxygens (including phenoxy) is 2. The van der Waals surface area contributed by atoms with Gasteiger partial charge >= 0.3 is 0 Å². The molecule has 1 aliphatic rings. The number of nitrogens with one attached hydrogen (secondary N) is 1. The fraction of sp³-hybridized carbons (Fsp3) is 0.462. The SMILES string of the molecule is COc1cc2c(cc1OC)C(NC=O)CCC2. The maximum absolute atomic E-state index is 10.6. The number of aryl methyl sites for hydroxylation is 1. The van der Waals surface area contributed by atoms with E-state index in [2.05, 4.69) is 5.32 Å². The second-order valence-corrected chi connectivity index (χ2v) is 4.14. The van der Waals surface area contributed by atoms with Gasteiger partial charge in [0.2, 0.25) is 6.41 Å². The van der Waals surface area contributed by atoms with E-state index < -0.39 is 0 Å². The molecule has 92 valence electrons. The molecule has 0 aromatic heterocycles. The molecule has 0 aliphatic heterocycles. The summed E-state index contributed by atoms with van der Waals surface area (Å²) in [6, 6.07) is 4.07. The standard InChI is InChI=1S/C13H17NO3/c1-16-12-6-9-4-3-5-11(14-8-15)10(9)7-13(12)17-2/h6-8,11H,3-5H2,1-2H3,(H,14,15). The number of carbonyl (C=O) groups excluding carboxylic acids is 1. The van der Waals surface area contributed by atoms with Crippen molar-refractivity contribution in [2.75, 3.05) is 14.2 Å². The van der Waals surface area contributed by atoms with Crippen LogP contribution in [0.25, 0.3) is 0 Å². The summed E-state index contributed by atoms with van der Waals surface area (Å²) in [5.74, 6) is 1.46. The van der Waals surface area contributed by atoms with Crippen LogP contribution in [0.1, 0.15) is 30.0 Å². The van der Waals surface area contributed by atoms with Gasteiger partial charge < -0.3 is 14.8 Å². The Morgan fingerprint density at radius 3 is 2.65 bits per heavy atom. The van der Waals surface area contributed by atoms with Gasteiger partial charge in [0.15, 0.2) is 11.5 Å². The van der Waals surface area contributed by atoms with E-state index in [1.54, 1.807) is 14.2 Å². The zero-order valence-corrected chi connectivity index (χ0v) is 10.2. The zero-order chi connectivity index (χ0) is 12.3. The average molecular weight is 235 g/mol. The van der Waals surface area contributed by atoms with Crippen LogP contribution in [-0.2, 0) is 11.2 Å². The van der Waals surface area contributed by atoms with Crippen molar-refractivity contribution in [3.05, 3.63) is 23.3 Å². The summed E-state index contributed by atoms with van der Waals surface area (Å²) in [6.45, 7) is 0. The lowest BCUT2D eigenvalue weighted by atomic mass is 9.87. The molecule has 1 aliphatic carbocycles. The average Bonchev–Trinajstić information content (AvgIpc) is 2.38. The fourth-order valence-electron chi connectivity index (χ4n) is 2.39. The summed E-state index contributed by atoms with van der Waals surface area (Å²) in [4.78, 5) is 10.6. The molecule has 0 heterocycles. The zero-order valence-electron chi connectivity index (χ0n) is 10.2. The molecule has 17 heavy (non-hydrogen) atoms. The lowest BCUT2D eigenvalue weighted by Gasteiger charge is -2.26. The smallest absolute Gasteiger partial charge is 0.207 e. The van der Waals surface area contributed by atoms with Gasteiger partial charge in [0.1, 0.15) is 0 Å². The van der Waals surface area contributed by atoms with Gasteiger partial charge in [-0.3, -0.25) is 4.79 Å². The van der Waals surface area contributed by atoms with E-state index in [1.807, 2.05) is 12.1 Å². The van der Waals surface area contributed by atoms with E-state index in [4.69, 9.17) is 9.47 Å². The van der Waals surface area contributed by atoms with Crippen LogP contribution >= 0.6 is 0 Å². The Bertz CT molecular complexity index is 417. The van der Waals surface area contributed by atoms with E-state index in [1.165, 1.54) is 5.56 Å². The number of carbonyl (C=O) groups is 1. The van der Waals surface area contributed by atoms with Gasteiger partial charge in [-0.15, -0.1) is 0 Å². The van der Waals surface area contributed by atoms with Crippen molar-refractivity contribution in [1.82, 2.24) is 5.32 Å². The van der Waals surface area contributed by atoms with E-state index in [9.17, 15) is 4.79 Å². The van der Waals surface area contributed by atoms with Gasteiger partial charge in [-0.25, -0.2) is 0 Å². The van der Waals surface area contributed by atoms with Crippen molar-refractivity contribution in [2.45, 2.75) is 25.3 Å². The number of rotatable bonds is 4. The Morgan fingerprint density at radius 1 is 1.29 bits per heavy atom.